The van der Waals surface area contributed by atoms with Gasteiger partial charge in [0.25, 0.3) is 0 Å². The number of halogens is 1. The summed E-state index contributed by atoms with van der Waals surface area (Å²) in [7, 11) is 3.97. The van der Waals surface area contributed by atoms with Crippen molar-refractivity contribution in [1.82, 2.24) is 15.1 Å². The fourth-order valence-corrected chi connectivity index (χ4v) is 3.32. The Morgan fingerprint density at radius 2 is 1.79 bits per heavy atom. The van der Waals surface area contributed by atoms with Gasteiger partial charge in [0.2, 0.25) is 0 Å². The molecule has 0 radical (unpaired) electrons. The first-order valence-electron chi connectivity index (χ1n) is 9.70. The van der Waals surface area contributed by atoms with E-state index in [-0.39, 0.29) is 11.9 Å². The van der Waals surface area contributed by atoms with Gasteiger partial charge in [0.1, 0.15) is 5.82 Å². The van der Waals surface area contributed by atoms with Crippen LogP contribution >= 0.6 is 0 Å². The molecule has 1 unspecified atom stereocenters. The van der Waals surface area contributed by atoms with E-state index in [1.165, 1.54) is 17.7 Å². The van der Waals surface area contributed by atoms with Gasteiger partial charge in [-0.3, -0.25) is 4.90 Å². The van der Waals surface area contributed by atoms with Crippen LogP contribution in [0.3, 0.4) is 0 Å². The number of aliphatic imine (C=N–C) groups is 1. The van der Waals surface area contributed by atoms with E-state index in [0.29, 0.717) is 13.1 Å². The standard InChI is InChI=1S/C22H29FN4O/c1-26(2)22(24-16-18-6-4-3-5-7-18)25-17-21(27-12-14-28-15-13-27)19-8-10-20(23)11-9-19/h3-11,21H,12-17H2,1-2H3,(H,24,25). The van der Waals surface area contributed by atoms with Gasteiger partial charge in [0, 0.05) is 33.7 Å². The Kier molecular flexibility index (Phi) is 7.39. The minimum absolute atomic E-state index is 0.131. The van der Waals surface area contributed by atoms with Crippen molar-refractivity contribution in [2.75, 3.05) is 46.9 Å². The van der Waals surface area contributed by atoms with E-state index in [1.807, 2.05) is 49.3 Å². The average molecular weight is 384 g/mol. The Morgan fingerprint density at radius 1 is 1.11 bits per heavy atom. The Bertz CT molecular complexity index is 743. The molecule has 0 saturated carbocycles. The van der Waals surface area contributed by atoms with Crippen molar-refractivity contribution in [1.29, 1.82) is 0 Å². The fourth-order valence-electron chi connectivity index (χ4n) is 3.32. The largest absolute Gasteiger partial charge is 0.379 e. The molecule has 1 fully saturated rings. The second kappa shape index (κ2) is 10.2. The van der Waals surface area contributed by atoms with E-state index < -0.39 is 0 Å². The number of rotatable bonds is 6. The van der Waals surface area contributed by atoms with E-state index in [9.17, 15) is 4.39 Å². The van der Waals surface area contributed by atoms with Crippen molar-refractivity contribution >= 4 is 5.96 Å². The van der Waals surface area contributed by atoms with Gasteiger partial charge in [-0.05, 0) is 23.3 Å². The van der Waals surface area contributed by atoms with Crippen molar-refractivity contribution in [3.8, 4) is 0 Å². The molecule has 0 aliphatic carbocycles. The van der Waals surface area contributed by atoms with Crippen LogP contribution in [0.15, 0.2) is 59.6 Å². The Labute approximate surface area is 166 Å². The lowest BCUT2D eigenvalue weighted by Crippen LogP contribution is -2.46. The van der Waals surface area contributed by atoms with Crippen LogP contribution in [-0.2, 0) is 11.3 Å². The molecule has 0 amide bonds. The van der Waals surface area contributed by atoms with E-state index in [0.717, 1.165) is 37.8 Å². The second-order valence-electron chi connectivity index (χ2n) is 7.12. The average Bonchev–Trinajstić information content (AvgIpc) is 2.73. The van der Waals surface area contributed by atoms with Crippen molar-refractivity contribution in [2.24, 2.45) is 4.99 Å². The van der Waals surface area contributed by atoms with Crippen LogP contribution < -0.4 is 5.32 Å². The maximum absolute atomic E-state index is 13.4. The zero-order chi connectivity index (χ0) is 19.8. The number of nitrogens with one attached hydrogen (secondary N) is 1. The van der Waals surface area contributed by atoms with Crippen LogP contribution in [0.2, 0.25) is 0 Å². The third kappa shape index (κ3) is 5.78. The molecule has 0 bridgehead atoms. The summed E-state index contributed by atoms with van der Waals surface area (Å²) in [6.45, 7) is 4.49. The van der Waals surface area contributed by atoms with Crippen LogP contribution in [0.4, 0.5) is 4.39 Å². The van der Waals surface area contributed by atoms with Gasteiger partial charge >= 0.3 is 0 Å². The van der Waals surface area contributed by atoms with Crippen LogP contribution in [0.1, 0.15) is 17.2 Å². The van der Waals surface area contributed by atoms with Crippen molar-refractivity contribution in [3.05, 3.63) is 71.5 Å². The highest BCUT2D eigenvalue weighted by Crippen LogP contribution is 2.21. The van der Waals surface area contributed by atoms with Gasteiger partial charge in [0.05, 0.1) is 25.8 Å². The molecule has 0 spiro atoms. The predicted molar refractivity (Wildman–Crippen MR) is 111 cm³/mol. The predicted octanol–water partition coefficient (Wildman–Crippen LogP) is 2.91. The topological polar surface area (TPSA) is 40.1 Å². The minimum Gasteiger partial charge on any atom is -0.379 e. The smallest absolute Gasteiger partial charge is 0.193 e. The zero-order valence-electron chi connectivity index (χ0n) is 16.6. The minimum atomic E-state index is -0.212. The van der Waals surface area contributed by atoms with Crippen LogP contribution in [-0.4, -0.2) is 62.7 Å². The summed E-state index contributed by atoms with van der Waals surface area (Å²) < 4.78 is 18.9. The molecule has 0 aromatic heterocycles. The Morgan fingerprint density at radius 3 is 2.43 bits per heavy atom. The highest BCUT2D eigenvalue weighted by Gasteiger charge is 2.23. The highest BCUT2D eigenvalue weighted by molar-refractivity contribution is 5.79. The molecule has 1 aliphatic rings. The monoisotopic (exact) mass is 384 g/mol. The van der Waals surface area contributed by atoms with Gasteiger partial charge in [-0.15, -0.1) is 0 Å². The summed E-state index contributed by atoms with van der Waals surface area (Å²) in [4.78, 5) is 9.12. The maximum Gasteiger partial charge on any atom is 0.193 e. The van der Waals surface area contributed by atoms with E-state index in [4.69, 9.17) is 9.73 Å². The first-order valence-corrected chi connectivity index (χ1v) is 9.70. The molecule has 1 aliphatic heterocycles. The molecule has 2 aromatic carbocycles. The lowest BCUT2D eigenvalue weighted by Gasteiger charge is -2.35. The van der Waals surface area contributed by atoms with Crippen LogP contribution in [0.5, 0.6) is 0 Å². The van der Waals surface area contributed by atoms with Gasteiger partial charge < -0.3 is 15.0 Å². The number of hydrogen-bond acceptors (Lipinski definition) is 3. The molecule has 5 nitrogen and oxygen atoms in total. The van der Waals surface area contributed by atoms with E-state index >= 15 is 0 Å². The molecule has 1 heterocycles. The Balaban J connectivity index is 1.71. The lowest BCUT2D eigenvalue weighted by atomic mass is 10.0. The number of ether oxygens (including phenoxy) is 1. The molecule has 1 N–H and O–H groups in total. The molecular weight excluding hydrogens is 355 g/mol. The summed E-state index contributed by atoms with van der Waals surface area (Å²) in [5, 5.41) is 3.50. The molecule has 150 valence electrons. The molecular formula is C22H29FN4O. The maximum atomic E-state index is 13.4. The van der Waals surface area contributed by atoms with Gasteiger partial charge in [0.15, 0.2) is 5.96 Å². The van der Waals surface area contributed by atoms with Gasteiger partial charge in [-0.25, -0.2) is 9.38 Å². The molecule has 1 atom stereocenters. The summed E-state index contributed by atoms with van der Waals surface area (Å²) in [6.07, 6.45) is 0. The second-order valence-corrected chi connectivity index (χ2v) is 7.12. The number of nitrogens with zero attached hydrogens (tertiary/aromatic N) is 3. The first-order chi connectivity index (χ1) is 13.6. The molecule has 3 rings (SSSR count). The molecule has 2 aromatic rings. The zero-order valence-corrected chi connectivity index (χ0v) is 16.6. The highest BCUT2D eigenvalue weighted by atomic mass is 19.1. The van der Waals surface area contributed by atoms with Crippen molar-refractivity contribution in [2.45, 2.75) is 12.6 Å². The van der Waals surface area contributed by atoms with E-state index in [1.54, 1.807) is 0 Å². The van der Waals surface area contributed by atoms with Gasteiger partial charge in [-0.1, -0.05) is 42.5 Å². The summed E-state index contributed by atoms with van der Waals surface area (Å²) in [5.41, 5.74) is 2.27. The van der Waals surface area contributed by atoms with Crippen molar-refractivity contribution in [3.63, 3.8) is 0 Å². The number of hydrogen-bond donors (Lipinski definition) is 1. The fraction of sp³-hybridized carbons (Fsp3) is 0.409. The number of benzene rings is 2. The normalized spacial score (nSPS) is 16.6. The Hall–Kier alpha value is -2.44. The SMILES string of the molecule is CN(C)C(=NCc1ccccc1)NCC(c1ccc(F)cc1)N1CCOCC1. The summed E-state index contributed by atoms with van der Waals surface area (Å²) >= 11 is 0. The van der Waals surface area contributed by atoms with E-state index in [2.05, 4.69) is 22.3 Å². The van der Waals surface area contributed by atoms with Crippen molar-refractivity contribution < 1.29 is 9.13 Å². The molecule has 28 heavy (non-hydrogen) atoms. The quantitative estimate of drug-likeness (QED) is 0.614. The van der Waals surface area contributed by atoms with Gasteiger partial charge in [-0.2, -0.15) is 0 Å². The summed E-state index contributed by atoms with van der Waals surface area (Å²) in [6, 6.07) is 17.1. The first kappa shape index (κ1) is 20.3. The molecule has 6 heteroatoms. The van der Waals surface area contributed by atoms with Crippen LogP contribution in [0, 0.1) is 5.82 Å². The third-order valence-corrected chi connectivity index (χ3v) is 4.87. The molecule has 1 saturated heterocycles. The van der Waals surface area contributed by atoms with Crippen LogP contribution in [0.25, 0.3) is 0 Å². The summed E-state index contributed by atoms with van der Waals surface area (Å²) in [5.74, 6) is 0.625. The number of morpholine rings is 1. The third-order valence-electron chi connectivity index (χ3n) is 4.87. The lowest BCUT2D eigenvalue weighted by molar-refractivity contribution is 0.0169. The number of guanidine groups is 1.